The minimum atomic E-state index is 0.860. The van der Waals surface area contributed by atoms with E-state index in [-0.39, 0.29) is 0 Å². The molecule has 0 aliphatic heterocycles. The van der Waals surface area contributed by atoms with E-state index in [9.17, 15) is 0 Å². The average molecular weight is 739 g/mol. The molecular weight excluding hydrogens is 705 g/mol. The van der Waals surface area contributed by atoms with Crippen molar-refractivity contribution < 1.29 is 4.42 Å². The van der Waals surface area contributed by atoms with E-state index < -0.39 is 0 Å². The third-order valence-corrected chi connectivity index (χ3v) is 11.7. The number of pyridine rings is 1. The molecule has 0 aliphatic carbocycles. The van der Waals surface area contributed by atoms with Crippen molar-refractivity contribution in [3.63, 3.8) is 0 Å². The third-order valence-electron chi connectivity index (χ3n) is 11.7. The lowest BCUT2D eigenvalue weighted by Gasteiger charge is -2.16. The lowest BCUT2D eigenvalue weighted by molar-refractivity contribution is 0.669. The molecule has 3 nitrogen and oxygen atoms in total. The first kappa shape index (κ1) is 32.5. The van der Waals surface area contributed by atoms with Crippen LogP contribution in [0.1, 0.15) is 0 Å². The molecule has 0 unspecified atom stereocenters. The number of fused-ring (bicyclic) bond motifs is 9. The first-order valence-corrected chi connectivity index (χ1v) is 19.8. The van der Waals surface area contributed by atoms with Crippen LogP contribution in [0.15, 0.2) is 211 Å². The van der Waals surface area contributed by atoms with Crippen LogP contribution in [0, 0.1) is 0 Å². The Balaban J connectivity index is 1.03. The largest absolute Gasteiger partial charge is 0.456 e. The number of para-hydroxylation sites is 4. The van der Waals surface area contributed by atoms with Crippen molar-refractivity contribution in [2.24, 2.45) is 0 Å². The molecule has 0 radical (unpaired) electrons. The number of hydrogen-bond acceptors (Lipinski definition) is 2. The van der Waals surface area contributed by atoms with Gasteiger partial charge in [0.05, 0.1) is 22.2 Å². The molecule has 12 aromatic rings. The summed E-state index contributed by atoms with van der Waals surface area (Å²) >= 11 is 0. The van der Waals surface area contributed by atoms with Crippen LogP contribution in [-0.4, -0.2) is 9.55 Å². The van der Waals surface area contributed by atoms with Gasteiger partial charge in [-0.3, -0.25) is 0 Å². The highest BCUT2D eigenvalue weighted by Crippen LogP contribution is 2.46. The summed E-state index contributed by atoms with van der Waals surface area (Å²) in [5, 5.41) is 8.11. The first-order chi connectivity index (χ1) is 28.8. The van der Waals surface area contributed by atoms with Gasteiger partial charge in [0, 0.05) is 54.5 Å². The summed E-state index contributed by atoms with van der Waals surface area (Å²) in [6, 6.07) is 73.8. The van der Waals surface area contributed by atoms with Crippen LogP contribution in [-0.2, 0) is 0 Å². The standard InChI is InChI=1S/C55H34N2O/c1-3-15-35(16-4-1)52-53-43-24-7-10-26-47(43)56-55(46(53)34-51-54(52)44-25-9-12-28-50(44)58-51)40-20-14-19-38(32-40)36-17-13-18-37(31-36)39-29-30-49-45(33-39)42-23-8-11-27-48(42)57(49)41-21-5-2-6-22-41/h1-34H. The molecular formula is C55H34N2O. The minimum Gasteiger partial charge on any atom is -0.456 e. The van der Waals surface area contributed by atoms with Crippen molar-refractivity contribution in [2.45, 2.75) is 0 Å². The monoisotopic (exact) mass is 738 g/mol. The van der Waals surface area contributed by atoms with Crippen LogP contribution in [0.5, 0.6) is 0 Å². The predicted octanol–water partition coefficient (Wildman–Crippen LogP) is 15.1. The summed E-state index contributed by atoms with van der Waals surface area (Å²) in [5.74, 6) is 0. The number of furan rings is 1. The van der Waals surface area contributed by atoms with E-state index >= 15 is 0 Å². The lowest BCUT2D eigenvalue weighted by atomic mass is 9.89. The van der Waals surface area contributed by atoms with Gasteiger partial charge in [-0.2, -0.15) is 0 Å². The summed E-state index contributed by atoms with van der Waals surface area (Å²) in [5.41, 5.74) is 15.2. The average Bonchev–Trinajstić information content (AvgIpc) is 3.84. The van der Waals surface area contributed by atoms with Gasteiger partial charge in [0.1, 0.15) is 11.2 Å². The van der Waals surface area contributed by atoms with Crippen LogP contribution in [0.25, 0.3) is 116 Å². The molecule has 0 N–H and O–H groups in total. The van der Waals surface area contributed by atoms with Crippen molar-refractivity contribution in [2.75, 3.05) is 0 Å². The van der Waals surface area contributed by atoms with Crippen molar-refractivity contribution in [3.05, 3.63) is 206 Å². The maximum atomic E-state index is 6.62. The molecule has 3 heteroatoms. The summed E-state index contributed by atoms with van der Waals surface area (Å²) in [6.45, 7) is 0. The van der Waals surface area contributed by atoms with Crippen molar-refractivity contribution in [3.8, 4) is 50.3 Å². The molecule has 270 valence electrons. The second-order valence-electron chi connectivity index (χ2n) is 15.1. The van der Waals surface area contributed by atoms with E-state index in [4.69, 9.17) is 9.40 Å². The summed E-state index contributed by atoms with van der Waals surface area (Å²) in [7, 11) is 0. The Hall–Kier alpha value is -7.75. The van der Waals surface area contributed by atoms with E-state index in [1.165, 1.54) is 43.9 Å². The summed E-state index contributed by atoms with van der Waals surface area (Å²) < 4.78 is 8.98. The Morgan fingerprint density at radius 3 is 1.72 bits per heavy atom. The highest BCUT2D eigenvalue weighted by Gasteiger charge is 2.22. The van der Waals surface area contributed by atoms with Crippen LogP contribution < -0.4 is 0 Å². The van der Waals surface area contributed by atoms with Gasteiger partial charge < -0.3 is 8.98 Å². The van der Waals surface area contributed by atoms with Gasteiger partial charge >= 0.3 is 0 Å². The molecule has 0 bridgehead atoms. The number of nitrogens with zero attached hydrogens (tertiary/aromatic N) is 2. The van der Waals surface area contributed by atoms with Crippen LogP contribution in [0.4, 0.5) is 0 Å². The van der Waals surface area contributed by atoms with Crippen LogP contribution in [0.3, 0.4) is 0 Å². The molecule has 9 aromatic carbocycles. The molecule has 0 saturated heterocycles. The fraction of sp³-hybridized carbons (Fsp3) is 0. The van der Waals surface area contributed by atoms with E-state index in [0.717, 1.165) is 71.9 Å². The Morgan fingerprint density at radius 2 is 0.931 bits per heavy atom. The molecule has 12 rings (SSSR count). The zero-order valence-corrected chi connectivity index (χ0v) is 31.4. The SMILES string of the molecule is c1ccc(-c2c3c(cc4c(-c5cccc(-c6cccc(-c7ccc8c(c7)c7ccccc7n8-c7ccccc7)c6)c5)nc5ccccc5c24)oc2ccccc23)cc1. The Kier molecular flexibility index (Phi) is 7.23. The summed E-state index contributed by atoms with van der Waals surface area (Å²) in [4.78, 5) is 5.40. The van der Waals surface area contributed by atoms with Crippen molar-refractivity contribution >= 4 is 65.4 Å². The van der Waals surface area contributed by atoms with E-state index in [1.807, 2.05) is 6.07 Å². The lowest BCUT2D eigenvalue weighted by Crippen LogP contribution is -1.93. The quantitative estimate of drug-likeness (QED) is 0.165. The maximum absolute atomic E-state index is 6.62. The molecule has 3 heterocycles. The highest BCUT2D eigenvalue weighted by molar-refractivity contribution is 6.27. The molecule has 0 fully saturated rings. The summed E-state index contributed by atoms with van der Waals surface area (Å²) in [6.07, 6.45) is 0. The van der Waals surface area contributed by atoms with Gasteiger partial charge in [0.25, 0.3) is 0 Å². The Labute approximate surface area is 334 Å². The Bertz CT molecular complexity index is 3560. The molecule has 0 aliphatic rings. The number of hydrogen-bond donors (Lipinski definition) is 0. The second-order valence-corrected chi connectivity index (χ2v) is 15.1. The molecule has 3 aromatic heterocycles. The van der Waals surface area contributed by atoms with Gasteiger partial charge in [-0.1, -0.05) is 146 Å². The number of aromatic nitrogens is 2. The highest BCUT2D eigenvalue weighted by atomic mass is 16.3. The Morgan fingerprint density at radius 1 is 0.345 bits per heavy atom. The number of benzene rings is 9. The van der Waals surface area contributed by atoms with E-state index in [1.54, 1.807) is 0 Å². The maximum Gasteiger partial charge on any atom is 0.136 e. The minimum absolute atomic E-state index is 0.860. The third kappa shape index (κ3) is 5.04. The molecule has 58 heavy (non-hydrogen) atoms. The topological polar surface area (TPSA) is 31.0 Å². The fourth-order valence-corrected chi connectivity index (χ4v) is 9.16. The molecule has 0 atom stereocenters. The van der Waals surface area contributed by atoms with Gasteiger partial charge in [-0.25, -0.2) is 4.98 Å². The van der Waals surface area contributed by atoms with Gasteiger partial charge in [-0.05, 0) is 88.5 Å². The van der Waals surface area contributed by atoms with Crippen molar-refractivity contribution in [1.29, 1.82) is 0 Å². The predicted molar refractivity (Wildman–Crippen MR) is 243 cm³/mol. The van der Waals surface area contributed by atoms with Gasteiger partial charge in [-0.15, -0.1) is 0 Å². The first-order valence-electron chi connectivity index (χ1n) is 19.8. The zero-order valence-electron chi connectivity index (χ0n) is 31.4. The van der Waals surface area contributed by atoms with Gasteiger partial charge in [0.15, 0.2) is 0 Å². The van der Waals surface area contributed by atoms with Crippen LogP contribution in [0.2, 0.25) is 0 Å². The smallest absolute Gasteiger partial charge is 0.136 e. The number of rotatable bonds is 5. The molecule has 0 spiro atoms. The van der Waals surface area contributed by atoms with E-state index in [0.29, 0.717) is 0 Å². The fourth-order valence-electron chi connectivity index (χ4n) is 9.16. The molecule has 0 amide bonds. The zero-order chi connectivity index (χ0) is 38.2. The normalized spacial score (nSPS) is 11.8. The van der Waals surface area contributed by atoms with Crippen LogP contribution >= 0.6 is 0 Å². The molecule has 0 saturated carbocycles. The van der Waals surface area contributed by atoms with Crippen molar-refractivity contribution in [1.82, 2.24) is 9.55 Å². The second kappa shape index (κ2) is 12.9. The van der Waals surface area contributed by atoms with E-state index in [2.05, 4.69) is 205 Å². The van der Waals surface area contributed by atoms with Gasteiger partial charge in [0.2, 0.25) is 0 Å².